The van der Waals surface area contributed by atoms with Gasteiger partial charge in [0, 0.05) is 17.3 Å². The molecule has 8 nitrogen and oxygen atoms in total. The lowest BCUT2D eigenvalue weighted by Gasteiger charge is -2.39. The summed E-state index contributed by atoms with van der Waals surface area (Å²) in [4.78, 5) is 44.9. The number of carbonyl (C=O) groups excluding carboxylic acids is 3. The second kappa shape index (κ2) is 11.6. The molecule has 1 spiro atoms. The molecule has 3 aliphatic rings. The van der Waals surface area contributed by atoms with Gasteiger partial charge in [0.15, 0.2) is 0 Å². The zero-order valence-electron chi connectivity index (χ0n) is 22.1. The van der Waals surface area contributed by atoms with Crippen molar-refractivity contribution in [2.75, 3.05) is 24.7 Å². The first-order valence-corrected chi connectivity index (χ1v) is 13.6. The van der Waals surface area contributed by atoms with E-state index in [4.69, 9.17) is 21.1 Å². The van der Waals surface area contributed by atoms with Gasteiger partial charge in [-0.05, 0) is 55.9 Å². The first-order valence-electron chi connectivity index (χ1n) is 13.3. The van der Waals surface area contributed by atoms with Gasteiger partial charge in [-0.25, -0.2) is 0 Å². The quantitative estimate of drug-likeness (QED) is 0.244. The van der Waals surface area contributed by atoms with Gasteiger partial charge in [-0.2, -0.15) is 0 Å². The van der Waals surface area contributed by atoms with E-state index in [1.54, 1.807) is 41.3 Å². The van der Waals surface area contributed by atoms with E-state index >= 15 is 0 Å². The number of ether oxygens (including phenoxy) is 2. The Hall–Kier alpha value is -2.68. The molecule has 0 radical (unpaired) electrons. The summed E-state index contributed by atoms with van der Waals surface area (Å²) in [5.41, 5.74) is -0.583. The van der Waals surface area contributed by atoms with Crippen LogP contribution in [0.1, 0.15) is 39.5 Å². The lowest BCUT2D eigenvalue weighted by Crippen LogP contribution is -2.59. The number of aliphatic hydroxyl groups is 1. The normalized spacial score (nSPS) is 28.3. The molecule has 3 saturated heterocycles. The Kier molecular flexibility index (Phi) is 8.65. The maximum atomic E-state index is 14.5. The van der Waals surface area contributed by atoms with E-state index in [1.165, 1.54) is 4.90 Å². The van der Waals surface area contributed by atoms with Crippen molar-refractivity contribution in [3.05, 3.63) is 54.6 Å². The summed E-state index contributed by atoms with van der Waals surface area (Å²) in [6.45, 7) is 11.5. The summed E-state index contributed by atoms with van der Waals surface area (Å²) in [6, 6.07) is 5.26. The molecule has 0 saturated carbocycles. The average Bonchev–Trinajstić information content (AvgIpc) is 3.53. The van der Waals surface area contributed by atoms with E-state index in [-0.39, 0.29) is 37.5 Å². The summed E-state index contributed by atoms with van der Waals surface area (Å²) in [7, 11) is 0. The number of anilines is 1. The second-order valence-corrected chi connectivity index (χ2v) is 11.2. The van der Waals surface area contributed by atoms with Crippen molar-refractivity contribution in [3.63, 3.8) is 0 Å². The number of hydrogen-bond acceptors (Lipinski definition) is 6. The van der Waals surface area contributed by atoms with Crippen LogP contribution in [0.5, 0.6) is 0 Å². The SMILES string of the molecule is C=CCCOC(=O)[C@@H]1[C@@H]2CCC3(O2)C(C(=O)N(CC=C)c2ccc(Cl)cc2)N([C@@H](CO)CC(C)C)C(=O)[C@H]13. The molecular weight excluding hydrogens is 508 g/mol. The number of halogens is 1. The predicted octanol–water partition coefficient (Wildman–Crippen LogP) is 3.76. The Labute approximate surface area is 229 Å². The number of nitrogens with zero attached hydrogens (tertiary/aromatic N) is 2. The highest BCUT2D eigenvalue weighted by Gasteiger charge is 2.75. The van der Waals surface area contributed by atoms with Crippen LogP contribution in [0, 0.1) is 17.8 Å². The molecule has 1 N–H and O–H groups in total. The summed E-state index contributed by atoms with van der Waals surface area (Å²) in [6.07, 6.45) is 4.77. The molecule has 4 rings (SSSR count). The van der Waals surface area contributed by atoms with Crippen LogP contribution in [0.4, 0.5) is 5.69 Å². The standard InChI is InChI=1S/C29H37ClN2O6/c1-5-7-15-37-28(36)23-22-12-13-29(38-22)24(23)26(34)32(21(17-33)16-18(3)4)25(29)27(35)31(14-6-2)20-10-8-19(30)9-11-20/h5-6,8-11,18,21-25,33H,1-2,7,12-17H2,3-4H3/t21-,22+,23-,24+,25?,29?/m1/s1. The number of benzene rings is 1. The van der Waals surface area contributed by atoms with Crippen LogP contribution in [0.25, 0.3) is 0 Å². The molecular formula is C29H37ClN2O6. The van der Waals surface area contributed by atoms with Gasteiger partial charge in [-0.15, -0.1) is 13.2 Å². The van der Waals surface area contributed by atoms with E-state index in [9.17, 15) is 19.5 Å². The van der Waals surface area contributed by atoms with Crippen LogP contribution in [0.3, 0.4) is 0 Å². The van der Waals surface area contributed by atoms with Crippen LogP contribution in [-0.4, -0.2) is 71.3 Å². The molecule has 206 valence electrons. The zero-order valence-corrected chi connectivity index (χ0v) is 22.8. The Morgan fingerprint density at radius 3 is 2.61 bits per heavy atom. The third-order valence-electron chi connectivity index (χ3n) is 7.87. The van der Waals surface area contributed by atoms with Gasteiger partial charge in [0.05, 0.1) is 37.2 Å². The number of carbonyl (C=O) groups is 3. The maximum absolute atomic E-state index is 14.5. The fraction of sp³-hybridized carbons (Fsp3) is 0.552. The summed E-state index contributed by atoms with van der Waals surface area (Å²) in [5.74, 6) is -2.68. The van der Waals surface area contributed by atoms with Crippen LogP contribution < -0.4 is 4.90 Å². The fourth-order valence-corrected chi connectivity index (χ4v) is 6.54. The summed E-state index contributed by atoms with van der Waals surface area (Å²) < 4.78 is 12.0. The van der Waals surface area contributed by atoms with E-state index in [0.717, 1.165) is 0 Å². The molecule has 3 aliphatic heterocycles. The fourth-order valence-electron chi connectivity index (χ4n) is 6.41. The highest BCUT2D eigenvalue weighted by molar-refractivity contribution is 6.30. The van der Waals surface area contributed by atoms with E-state index in [1.807, 2.05) is 13.8 Å². The molecule has 3 heterocycles. The highest BCUT2D eigenvalue weighted by Crippen LogP contribution is 2.59. The van der Waals surface area contributed by atoms with Crippen LogP contribution >= 0.6 is 11.6 Å². The minimum atomic E-state index is -1.18. The van der Waals surface area contributed by atoms with Crippen molar-refractivity contribution in [1.29, 1.82) is 0 Å². The maximum Gasteiger partial charge on any atom is 0.312 e. The molecule has 38 heavy (non-hydrogen) atoms. The molecule has 3 fully saturated rings. The Morgan fingerprint density at radius 1 is 1.29 bits per heavy atom. The minimum Gasteiger partial charge on any atom is -0.465 e. The van der Waals surface area contributed by atoms with Crippen molar-refractivity contribution < 1.29 is 29.0 Å². The first kappa shape index (κ1) is 28.3. The van der Waals surface area contributed by atoms with E-state index in [2.05, 4.69) is 13.2 Å². The predicted molar refractivity (Wildman–Crippen MR) is 145 cm³/mol. The molecule has 2 amide bonds. The molecule has 9 heteroatoms. The highest BCUT2D eigenvalue weighted by atomic mass is 35.5. The van der Waals surface area contributed by atoms with Crippen molar-refractivity contribution in [1.82, 2.24) is 4.90 Å². The molecule has 1 aromatic carbocycles. The minimum absolute atomic E-state index is 0.158. The molecule has 0 aromatic heterocycles. The summed E-state index contributed by atoms with van der Waals surface area (Å²) in [5, 5.41) is 10.9. The van der Waals surface area contributed by atoms with Gasteiger partial charge >= 0.3 is 5.97 Å². The monoisotopic (exact) mass is 544 g/mol. The Balaban J connectivity index is 1.78. The van der Waals surface area contributed by atoms with Gasteiger partial charge in [-0.3, -0.25) is 14.4 Å². The topological polar surface area (TPSA) is 96.4 Å². The molecule has 1 aromatic rings. The van der Waals surface area contributed by atoms with Gasteiger partial charge in [0.1, 0.15) is 11.6 Å². The van der Waals surface area contributed by atoms with Gasteiger partial charge in [-0.1, -0.05) is 37.6 Å². The molecule has 6 atom stereocenters. The number of amides is 2. The Bertz CT molecular complexity index is 1080. The van der Waals surface area contributed by atoms with Crippen molar-refractivity contribution in [2.24, 2.45) is 17.8 Å². The Morgan fingerprint density at radius 2 is 2.00 bits per heavy atom. The number of fused-ring (bicyclic) bond motifs is 1. The van der Waals surface area contributed by atoms with Crippen LogP contribution in [0.15, 0.2) is 49.6 Å². The second-order valence-electron chi connectivity index (χ2n) is 10.7. The third kappa shape index (κ3) is 4.90. The first-order chi connectivity index (χ1) is 18.2. The van der Waals surface area contributed by atoms with Crippen molar-refractivity contribution in [2.45, 2.75) is 63.3 Å². The van der Waals surface area contributed by atoms with E-state index < -0.39 is 41.6 Å². The summed E-state index contributed by atoms with van der Waals surface area (Å²) >= 11 is 6.09. The van der Waals surface area contributed by atoms with Crippen LogP contribution in [0.2, 0.25) is 5.02 Å². The zero-order chi connectivity index (χ0) is 27.6. The van der Waals surface area contributed by atoms with Crippen LogP contribution in [-0.2, 0) is 23.9 Å². The van der Waals surface area contributed by atoms with E-state index in [0.29, 0.717) is 36.4 Å². The smallest absolute Gasteiger partial charge is 0.312 e. The number of aliphatic hydroxyl groups excluding tert-OH is 1. The van der Waals surface area contributed by atoms with Gasteiger partial charge in [0.25, 0.3) is 5.91 Å². The van der Waals surface area contributed by atoms with Crippen molar-refractivity contribution in [3.8, 4) is 0 Å². The largest absolute Gasteiger partial charge is 0.465 e. The average molecular weight is 545 g/mol. The third-order valence-corrected chi connectivity index (χ3v) is 8.13. The lowest BCUT2D eigenvalue weighted by atomic mass is 9.70. The van der Waals surface area contributed by atoms with Crippen molar-refractivity contribution >= 4 is 35.1 Å². The number of hydrogen-bond donors (Lipinski definition) is 1. The molecule has 2 unspecified atom stereocenters. The number of esters is 1. The number of likely N-dealkylation sites (tertiary alicyclic amines) is 1. The molecule has 2 bridgehead atoms. The van der Waals surface area contributed by atoms with Gasteiger partial charge in [0.2, 0.25) is 5.91 Å². The number of rotatable bonds is 12. The molecule has 0 aliphatic carbocycles. The lowest BCUT2D eigenvalue weighted by molar-refractivity contribution is -0.155. The van der Waals surface area contributed by atoms with Gasteiger partial charge < -0.3 is 24.4 Å².